The zero-order chi connectivity index (χ0) is 37.3. The van der Waals surface area contributed by atoms with Crippen molar-refractivity contribution in [3.05, 3.63) is 65.0 Å². The van der Waals surface area contributed by atoms with Crippen LogP contribution in [0.3, 0.4) is 0 Å². The summed E-state index contributed by atoms with van der Waals surface area (Å²) < 4.78 is 58.3. The van der Waals surface area contributed by atoms with Crippen molar-refractivity contribution < 1.29 is 27.2 Å². The molecule has 0 bridgehead atoms. The predicted molar refractivity (Wildman–Crippen MR) is 193 cm³/mol. The Bertz CT molecular complexity index is 2070. The Labute approximate surface area is 300 Å². The lowest BCUT2D eigenvalue weighted by Gasteiger charge is -2.55. The molecule has 2 aromatic carbocycles. The molecule has 0 unspecified atom stereocenters. The molecule has 0 spiro atoms. The average Bonchev–Trinajstić information content (AvgIpc) is 3.62. The summed E-state index contributed by atoms with van der Waals surface area (Å²) in [5.74, 6) is -3.26. The van der Waals surface area contributed by atoms with E-state index < -0.39 is 35.9 Å². The van der Waals surface area contributed by atoms with E-state index in [2.05, 4.69) is 27.4 Å². The molecule has 1 aliphatic carbocycles. The molecule has 52 heavy (non-hydrogen) atoms. The number of amides is 2. The molecule has 276 valence electrons. The monoisotopic (exact) mass is 719 g/mol. The highest BCUT2D eigenvalue weighted by molar-refractivity contribution is 6.09. The summed E-state index contributed by atoms with van der Waals surface area (Å²) in [5, 5.41) is 4.97. The molecule has 1 saturated heterocycles. The standard InChI is InChI=1S/C39H45F4N7O2/c1-21(2)49-20-45-29-16-27(46-35(34(29)49)47-28-15-25(22(3)32(42)33(28)43)36(51)44-19-31(40)41)23-10-11-26-30(14-23)50(37(52)38(26,4)5)24-17-39(6,18-24)48-12-8-7-9-13-48/h10-11,14-16,20-21,24,31H,7-9,12-13,17-19H2,1-6H3,(H,44,51)(H,46,47)/t24-,39+. The quantitative estimate of drug-likeness (QED) is 0.170. The van der Waals surface area contributed by atoms with E-state index in [0.717, 1.165) is 43.2 Å². The third kappa shape index (κ3) is 6.00. The van der Waals surface area contributed by atoms with Gasteiger partial charge in [0, 0.05) is 40.0 Å². The summed E-state index contributed by atoms with van der Waals surface area (Å²) in [7, 11) is 0. The van der Waals surface area contributed by atoms with Crippen molar-refractivity contribution in [2.24, 2.45) is 0 Å². The summed E-state index contributed by atoms with van der Waals surface area (Å²) in [6, 6.07) is 8.76. The maximum absolute atomic E-state index is 15.5. The summed E-state index contributed by atoms with van der Waals surface area (Å²) in [4.78, 5) is 40.9. The van der Waals surface area contributed by atoms with Crippen LogP contribution >= 0.6 is 0 Å². The van der Waals surface area contributed by atoms with Crippen molar-refractivity contribution in [2.45, 2.75) is 103 Å². The molecule has 4 aromatic rings. The fourth-order valence-corrected chi connectivity index (χ4v) is 8.26. The van der Waals surface area contributed by atoms with Gasteiger partial charge in [-0.1, -0.05) is 18.6 Å². The number of imidazole rings is 1. The Morgan fingerprint density at radius 2 is 1.73 bits per heavy atom. The molecule has 13 heteroatoms. The van der Waals surface area contributed by atoms with Crippen LogP contribution in [0.2, 0.25) is 0 Å². The third-order valence-corrected chi connectivity index (χ3v) is 11.3. The van der Waals surface area contributed by atoms with Crippen LogP contribution in [-0.4, -0.2) is 68.9 Å². The van der Waals surface area contributed by atoms with E-state index in [1.807, 2.05) is 61.4 Å². The Morgan fingerprint density at radius 3 is 2.40 bits per heavy atom. The molecule has 2 aromatic heterocycles. The molecular weight excluding hydrogens is 674 g/mol. The molecule has 2 aliphatic heterocycles. The van der Waals surface area contributed by atoms with Crippen LogP contribution in [0.5, 0.6) is 0 Å². The number of hydrogen-bond acceptors (Lipinski definition) is 6. The first kappa shape index (κ1) is 35.9. The van der Waals surface area contributed by atoms with Gasteiger partial charge in [-0.3, -0.25) is 14.5 Å². The van der Waals surface area contributed by atoms with Crippen molar-refractivity contribution >= 4 is 40.0 Å². The van der Waals surface area contributed by atoms with Crippen molar-refractivity contribution in [3.8, 4) is 11.3 Å². The molecule has 2 amide bonds. The summed E-state index contributed by atoms with van der Waals surface area (Å²) in [6.45, 7) is 12.6. The van der Waals surface area contributed by atoms with E-state index in [1.165, 1.54) is 26.2 Å². The highest BCUT2D eigenvalue weighted by Crippen LogP contribution is 2.50. The lowest BCUT2D eigenvalue weighted by molar-refractivity contribution is -0.123. The number of pyridine rings is 1. The molecule has 0 radical (unpaired) electrons. The van der Waals surface area contributed by atoms with Gasteiger partial charge in [0.2, 0.25) is 5.91 Å². The number of anilines is 3. The van der Waals surface area contributed by atoms with E-state index in [4.69, 9.17) is 4.98 Å². The number of piperidine rings is 1. The Morgan fingerprint density at radius 1 is 1.02 bits per heavy atom. The lowest BCUT2D eigenvalue weighted by atomic mass is 9.71. The first-order valence-corrected chi connectivity index (χ1v) is 18.0. The number of hydrogen-bond donors (Lipinski definition) is 2. The maximum Gasteiger partial charge on any atom is 0.255 e. The van der Waals surface area contributed by atoms with Crippen molar-refractivity contribution in [2.75, 3.05) is 29.9 Å². The molecular formula is C39H45F4N7O2. The maximum atomic E-state index is 15.5. The zero-order valence-corrected chi connectivity index (χ0v) is 30.4. The van der Waals surface area contributed by atoms with Gasteiger partial charge in [0.25, 0.3) is 12.3 Å². The second-order valence-corrected chi connectivity index (χ2v) is 15.6. The first-order chi connectivity index (χ1) is 24.6. The summed E-state index contributed by atoms with van der Waals surface area (Å²) >= 11 is 0. The fraction of sp³-hybridized carbons (Fsp3) is 0.487. The first-order valence-electron chi connectivity index (χ1n) is 18.0. The minimum Gasteiger partial charge on any atom is -0.346 e. The second-order valence-electron chi connectivity index (χ2n) is 15.6. The van der Waals surface area contributed by atoms with Crippen LogP contribution in [0.15, 0.2) is 36.7 Å². The number of benzene rings is 2. The largest absolute Gasteiger partial charge is 0.346 e. The summed E-state index contributed by atoms with van der Waals surface area (Å²) in [6.07, 6.45) is 4.28. The minimum absolute atomic E-state index is 0.0620. The summed E-state index contributed by atoms with van der Waals surface area (Å²) in [5.41, 5.74) is 2.40. The van der Waals surface area contributed by atoms with E-state index in [9.17, 15) is 18.4 Å². The van der Waals surface area contributed by atoms with E-state index >= 15 is 8.78 Å². The van der Waals surface area contributed by atoms with Crippen LogP contribution in [0.4, 0.5) is 34.8 Å². The smallest absolute Gasteiger partial charge is 0.255 e. The Kier molecular flexibility index (Phi) is 9.07. The van der Waals surface area contributed by atoms with Gasteiger partial charge in [-0.25, -0.2) is 27.5 Å². The molecule has 2 N–H and O–H groups in total. The lowest BCUT2D eigenvalue weighted by Crippen LogP contribution is -2.64. The molecule has 9 nitrogen and oxygen atoms in total. The Balaban J connectivity index is 1.28. The molecule has 0 atom stereocenters. The highest BCUT2D eigenvalue weighted by Gasteiger charge is 2.54. The topological polar surface area (TPSA) is 95.4 Å². The van der Waals surface area contributed by atoms with Gasteiger partial charge in [0.15, 0.2) is 17.5 Å². The number of halogens is 4. The number of carbonyl (C=O) groups excluding carboxylic acids is 2. The van der Waals surface area contributed by atoms with Crippen LogP contribution in [0.25, 0.3) is 22.3 Å². The molecule has 7 rings (SSSR count). The number of aromatic nitrogens is 3. The van der Waals surface area contributed by atoms with E-state index in [-0.39, 0.29) is 46.2 Å². The number of nitrogens with one attached hydrogen (secondary N) is 2. The average molecular weight is 720 g/mol. The molecule has 1 saturated carbocycles. The molecule has 4 heterocycles. The normalized spacial score (nSPS) is 21.6. The van der Waals surface area contributed by atoms with Crippen molar-refractivity contribution in [1.29, 1.82) is 0 Å². The van der Waals surface area contributed by atoms with Crippen molar-refractivity contribution in [1.82, 2.24) is 24.8 Å². The van der Waals surface area contributed by atoms with Gasteiger partial charge >= 0.3 is 0 Å². The molecule has 2 fully saturated rings. The van der Waals surface area contributed by atoms with E-state index in [0.29, 0.717) is 22.3 Å². The fourth-order valence-electron chi connectivity index (χ4n) is 8.26. The van der Waals surface area contributed by atoms with Gasteiger partial charge < -0.3 is 20.1 Å². The Hall–Kier alpha value is -4.52. The van der Waals surface area contributed by atoms with Crippen LogP contribution in [0, 0.1) is 18.6 Å². The third-order valence-electron chi connectivity index (χ3n) is 11.3. The number of likely N-dealkylation sites (tertiary alicyclic amines) is 1. The second kappa shape index (κ2) is 13.2. The van der Waals surface area contributed by atoms with Gasteiger partial charge in [-0.05, 0) is 104 Å². The van der Waals surface area contributed by atoms with Gasteiger partial charge in [0.1, 0.15) is 5.52 Å². The number of nitrogens with zero attached hydrogens (tertiary/aromatic N) is 5. The van der Waals surface area contributed by atoms with E-state index in [1.54, 1.807) is 6.33 Å². The number of fused-ring (bicyclic) bond motifs is 2. The van der Waals surface area contributed by atoms with Crippen molar-refractivity contribution in [3.63, 3.8) is 0 Å². The highest BCUT2D eigenvalue weighted by atomic mass is 19.3. The zero-order valence-electron chi connectivity index (χ0n) is 30.4. The number of carbonyl (C=O) groups is 2. The molecule has 3 aliphatic rings. The SMILES string of the molecule is Cc1c(C(=O)NCC(F)F)cc(Nc2nc(-c3ccc4c(c3)N([C@H]3C[C@@](C)(N5CCCCC5)C3)C(=O)C4(C)C)cc3ncn(C(C)C)c23)c(F)c1F. The minimum atomic E-state index is -2.81. The van der Waals surface area contributed by atoms with Crippen LogP contribution in [-0.2, 0) is 10.2 Å². The van der Waals surface area contributed by atoms with Crippen LogP contribution in [0.1, 0.15) is 94.2 Å². The van der Waals surface area contributed by atoms with Gasteiger partial charge in [0.05, 0.1) is 35.2 Å². The predicted octanol–water partition coefficient (Wildman–Crippen LogP) is 8.04. The number of rotatable bonds is 9. The number of alkyl halides is 2. The van der Waals surface area contributed by atoms with Gasteiger partial charge in [-0.2, -0.15) is 0 Å². The van der Waals surface area contributed by atoms with Crippen LogP contribution < -0.4 is 15.5 Å². The van der Waals surface area contributed by atoms with Gasteiger partial charge in [-0.15, -0.1) is 0 Å².